The summed E-state index contributed by atoms with van der Waals surface area (Å²) in [6.45, 7) is 3.17. The maximum Gasteiger partial charge on any atom is 0.321 e. The predicted octanol–water partition coefficient (Wildman–Crippen LogP) is 4.93. The monoisotopic (exact) mass is 398 g/mol. The molecule has 5 nitrogen and oxygen atoms in total. The van der Waals surface area contributed by atoms with Crippen molar-refractivity contribution in [3.63, 3.8) is 0 Å². The number of piperidine rings is 1. The van der Waals surface area contributed by atoms with E-state index in [9.17, 15) is 9.59 Å². The largest absolute Gasteiger partial charge is 0.486 e. The normalized spacial score (nSPS) is 17.8. The number of fused-ring (bicyclic) bond motifs is 1. The Balaban J connectivity index is 1.41. The summed E-state index contributed by atoms with van der Waals surface area (Å²) in [5.74, 6) is 0.808. The summed E-state index contributed by atoms with van der Waals surface area (Å²) in [6, 6.07) is 12.8. The molecule has 0 atom stereocenters. The fourth-order valence-electron chi connectivity index (χ4n) is 3.89. The van der Waals surface area contributed by atoms with Gasteiger partial charge in [0.2, 0.25) is 0 Å². The van der Waals surface area contributed by atoms with Crippen LogP contribution in [0.3, 0.4) is 0 Å². The molecule has 2 aliphatic rings. The molecule has 2 aromatic rings. The molecule has 1 fully saturated rings. The van der Waals surface area contributed by atoms with Crippen LogP contribution in [0, 0.1) is 0 Å². The van der Waals surface area contributed by atoms with Crippen LogP contribution in [0.2, 0.25) is 5.02 Å². The fourth-order valence-corrected chi connectivity index (χ4v) is 4.02. The van der Waals surface area contributed by atoms with Gasteiger partial charge in [0, 0.05) is 36.6 Å². The van der Waals surface area contributed by atoms with Gasteiger partial charge in [0.15, 0.2) is 5.78 Å². The summed E-state index contributed by atoms with van der Waals surface area (Å²) in [4.78, 5) is 27.0. The maximum absolute atomic E-state index is 12.7. The Morgan fingerprint density at radius 3 is 2.57 bits per heavy atom. The topological polar surface area (TPSA) is 58.6 Å². The number of urea groups is 1. The molecular weight excluding hydrogens is 376 g/mol. The Labute approximate surface area is 169 Å². The summed E-state index contributed by atoms with van der Waals surface area (Å²) in [6.07, 6.45) is 2.55. The molecule has 0 aromatic heterocycles. The van der Waals surface area contributed by atoms with E-state index in [1.807, 2.05) is 18.2 Å². The second kappa shape index (κ2) is 7.47. The molecule has 1 spiro atoms. The molecule has 0 saturated carbocycles. The lowest BCUT2D eigenvalue weighted by atomic mass is 9.82. The van der Waals surface area contributed by atoms with E-state index in [1.165, 1.54) is 0 Å². The minimum atomic E-state index is -0.505. The second-order valence-corrected chi connectivity index (χ2v) is 7.93. The number of benzene rings is 2. The molecular formula is C22H23ClN2O3. The Bertz CT molecular complexity index is 902. The Morgan fingerprint density at radius 2 is 1.89 bits per heavy atom. The minimum absolute atomic E-state index is 0.135. The number of amides is 2. The van der Waals surface area contributed by atoms with E-state index in [0.717, 1.165) is 12.0 Å². The third-order valence-corrected chi connectivity index (χ3v) is 5.87. The molecule has 0 unspecified atom stereocenters. The van der Waals surface area contributed by atoms with Gasteiger partial charge in [-0.2, -0.15) is 0 Å². The number of nitrogens with zero attached hydrogens (tertiary/aromatic N) is 1. The van der Waals surface area contributed by atoms with Crippen LogP contribution < -0.4 is 10.1 Å². The highest BCUT2D eigenvalue weighted by Gasteiger charge is 2.43. The standard InChI is InChI=1S/C22H23ClN2O3/c1-2-15-3-8-20-18(13-15)19(26)14-22(28-20)9-11-25(12-10-22)21(27)24-17-6-4-16(23)5-7-17/h3-8,13H,2,9-12,14H2,1H3,(H,24,27). The first-order chi connectivity index (χ1) is 13.5. The number of carbonyl (C=O) groups is 2. The van der Waals surface area contributed by atoms with E-state index in [4.69, 9.17) is 16.3 Å². The quantitative estimate of drug-likeness (QED) is 0.779. The number of anilines is 1. The van der Waals surface area contributed by atoms with Crippen LogP contribution in [0.4, 0.5) is 10.5 Å². The number of halogens is 1. The van der Waals surface area contributed by atoms with Gasteiger partial charge < -0.3 is 15.0 Å². The highest BCUT2D eigenvalue weighted by atomic mass is 35.5. The van der Waals surface area contributed by atoms with Crippen molar-refractivity contribution in [2.45, 2.75) is 38.2 Å². The van der Waals surface area contributed by atoms with Crippen LogP contribution in [0.15, 0.2) is 42.5 Å². The van der Waals surface area contributed by atoms with Crippen LogP contribution in [0.5, 0.6) is 5.75 Å². The number of ketones is 1. The van der Waals surface area contributed by atoms with E-state index < -0.39 is 5.60 Å². The van der Waals surface area contributed by atoms with Crippen molar-refractivity contribution in [3.8, 4) is 5.75 Å². The number of hydrogen-bond donors (Lipinski definition) is 1. The van der Waals surface area contributed by atoms with Gasteiger partial charge >= 0.3 is 6.03 Å². The third-order valence-electron chi connectivity index (χ3n) is 5.62. The average Bonchev–Trinajstić information content (AvgIpc) is 2.70. The average molecular weight is 399 g/mol. The zero-order valence-electron chi connectivity index (χ0n) is 15.8. The number of aryl methyl sites for hydroxylation is 1. The SMILES string of the molecule is CCc1ccc2c(c1)C(=O)CC1(CCN(C(=O)Nc3ccc(Cl)cc3)CC1)O2. The molecule has 1 saturated heterocycles. The van der Waals surface area contributed by atoms with Crippen LogP contribution in [-0.2, 0) is 6.42 Å². The van der Waals surface area contributed by atoms with Gasteiger partial charge in [-0.05, 0) is 48.4 Å². The van der Waals surface area contributed by atoms with Crippen molar-refractivity contribution in [1.29, 1.82) is 0 Å². The molecule has 4 rings (SSSR count). The minimum Gasteiger partial charge on any atom is -0.486 e. The van der Waals surface area contributed by atoms with Gasteiger partial charge in [0.05, 0.1) is 12.0 Å². The molecule has 1 N–H and O–H groups in total. The summed E-state index contributed by atoms with van der Waals surface area (Å²) in [5.41, 5.74) is 2.03. The fraction of sp³-hybridized carbons (Fsp3) is 0.364. The lowest BCUT2D eigenvalue weighted by Crippen LogP contribution is -2.53. The third kappa shape index (κ3) is 3.72. The Hall–Kier alpha value is -2.53. The lowest BCUT2D eigenvalue weighted by Gasteiger charge is -2.43. The maximum atomic E-state index is 12.7. The number of Topliss-reactive ketones (excluding diaryl/α,β-unsaturated/α-hetero) is 1. The number of hydrogen-bond acceptors (Lipinski definition) is 3. The van der Waals surface area contributed by atoms with Crippen molar-refractivity contribution in [2.75, 3.05) is 18.4 Å². The van der Waals surface area contributed by atoms with Gasteiger partial charge in [-0.1, -0.05) is 24.6 Å². The lowest BCUT2D eigenvalue weighted by molar-refractivity contribution is 0.000364. The van der Waals surface area contributed by atoms with E-state index in [0.29, 0.717) is 54.4 Å². The van der Waals surface area contributed by atoms with E-state index in [1.54, 1.807) is 29.2 Å². The van der Waals surface area contributed by atoms with Crippen LogP contribution in [0.1, 0.15) is 42.1 Å². The van der Waals surface area contributed by atoms with Gasteiger partial charge in [-0.25, -0.2) is 4.79 Å². The number of rotatable bonds is 2. The first-order valence-corrected chi connectivity index (χ1v) is 10.0. The Morgan fingerprint density at radius 1 is 1.18 bits per heavy atom. The summed E-state index contributed by atoms with van der Waals surface area (Å²) < 4.78 is 6.30. The van der Waals surface area contributed by atoms with Crippen LogP contribution >= 0.6 is 11.6 Å². The zero-order valence-corrected chi connectivity index (χ0v) is 16.6. The molecule has 6 heteroatoms. The first-order valence-electron chi connectivity index (χ1n) is 9.65. The van der Waals surface area contributed by atoms with Gasteiger partial charge in [-0.15, -0.1) is 0 Å². The number of carbonyl (C=O) groups excluding carboxylic acids is 2. The van der Waals surface area contributed by atoms with Crippen molar-refractivity contribution in [2.24, 2.45) is 0 Å². The molecule has 28 heavy (non-hydrogen) atoms. The first kappa shape index (κ1) is 18.8. The summed E-state index contributed by atoms with van der Waals surface area (Å²) in [5, 5.41) is 3.52. The Kier molecular flexibility index (Phi) is 5.02. The van der Waals surface area contributed by atoms with Gasteiger partial charge in [-0.3, -0.25) is 4.79 Å². The zero-order chi connectivity index (χ0) is 19.7. The van der Waals surface area contributed by atoms with Crippen LogP contribution in [-0.4, -0.2) is 35.4 Å². The van der Waals surface area contributed by atoms with Crippen LogP contribution in [0.25, 0.3) is 0 Å². The highest BCUT2D eigenvalue weighted by Crippen LogP contribution is 2.39. The number of nitrogens with one attached hydrogen (secondary N) is 1. The van der Waals surface area contributed by atoms with E-state index >= 15 is 0 Å². The molecule has 2 amide bonds. The number of ether oxygens (including phenoxy) is 1. The molecule has 2 aliphatic heterocycles. The smallest absolute Gasteiger partial charge is 0.321 e. The van der Waals surface area contributed by atoms with Gasteiger partial charge in [0.1, 0.15) is 11.4 Å². The van der Waals surface area contributed by atoms with E-state index in [2.05, 4.69) is 12.2 Å². The summed E-state index contributed by atoms with van der Waals surface area (Å²) in [7, 11) is 0. The highest BCUT2D eigenvalue weighted by molar-refractivity contribution is 6.30. The van der Waals surface area contributed by atoms with Crippen molar-refractivity contribution >= 4 is 29.1 Å². The van der Waals surface area contributed by atoms with Crippen molar-refractivity contribution in [1.82, 2.24) is 4.90 Å². The van der Waals surface area contributed by atoms with E-state index in [-0.39, 0.29) is 11.8 Å². The number of likely N-dealkylation sites (tertiary alicyclic amines) is 1. The molecule has 0 radical (unpaired) electrons. The van der Waals surface area contributed by atoms with Gasteiger partial charge in [0.25, 0.3) is 0 Å². The second-order valence-electron chi connectivity index (χ2n) is 7.49. The van der Waals surface area contributed by atoms with Crippen molar-refractivity contribution < 1.29 is 14.3 Å². The molecule has 2 aromatic carbocycles. The predicted molar refractivity (Wildman–Crippen MR) is 109 cm³/mol. The van der Waals surface area contributed by atoms with Crippen molar-refractivity contribution in [3.05, 3.63) is 58.6 Å². The molecule has 2 heterocycles. The summed E-state index contributed by atoms with van der Waals surface area (Å²) >= 11 is 5.88. The molecule has 146 valence electrons. The molecule has 0 bridgehead atoms. The molecule has 0 aliphatic carbocycles.